The van der Waals surface area contributed by atoms with Crippen LogP contribution in [0.5, 0.6) is 0 Å². The minimum absolute atomic E-state index is 0. The summed E-state index contributed by atoms with van der Waals surface area (Å²) in [6, 6.07) is 10.8. The molecule has 3 aliphatic rings. The molecule has 33 heavy (non-hydrogen) atoms. The third-order valence-electron chi connectivity index (χ3n) is 7.22. The Morgan fingerprint density at radius 1 is 1.09 bits per heavy atom. The van der Waals surface area contributed by atoms with E-state index >= 15 is 0 Å². The van der Waals surface area contributed by atoms with Gasteiger partial charge in [-0.25, -0.2) is 0 Å². The first kappa shape index (κ1) is 26.7. The first-order valence-electron chi connectivity index (χ1n) is 12.7. The number of nitrogens with one attached hydrogen (secondary N) is 1. The van der Waals surface area contributed by atoms with Crippen molar-refractivity contribution in [3.63, 3.8) is 0 Å². The Labute approximate surface area is 217 Å². The van der Waals surface area contributed by atoms with Gasteiger partial charge in [-0.05, 0) is 63.0 Å². The van der Waals surface area contributed by atoms with E-state index in [2.05, 4.69) is 50.4 Å². The first-order chi connectivity index (χ1) is 15.8. The molecule has 3 heterocycles. The third-order valence-corrected chi connectivity index (χ3v) is 7.22. The highest BCUT2D eigenvalue weighted by molar-refractivity contribution is 14.0. The molecule has 1 N–H and O–H groups in total. The molecule has 3 fully saturated rings. The van der Waals surface area contributed by atoms with E-state index in [1.54, 1.807) is 0 Å². The maximum Gasteiger partial charge on any atom is 0.193 e. The Balaban J connectivity index is 0.00000306. The summed E-state index contributed by atoms with van der Waals surface area (Å²) in [7, 11) is 1.91. The van der Waals surface area contributed by atoms with Crippen LogP contribution in [-0.2, 0) is 15.9 Å². The van der Waals surface area contributed by atoms with E-state index in [0.717, 1.165) is 71.0 Å². The van der Waals surface area contributed by atoms with Crippen LogP contribution in [0.4, 0.5) is 0 Å². The molecular weight excluding hydrogens is 527 g/mol. The van der Waals surface area contributed by atoms with Crippen molar-refractivity contribution < 1.29 is 9.47 Å². The van der Waals surface area contributed by atoms with Crippen LogP contribution >= 0.6 is 24.0 Å². The number of aliphatic imine (C=N–C) groups is 1. The molecular formula is C26H43IN4O2. The molecule has 3 aliphatic heterocycles. The number of halogens is 1. The van der Waals surface area contributed by atoms with Gasteiger partial charge in [-0.15, -0.1) is 24.0 Å². The predicted octanol–water partition coefficient (Wildman–Crippen LogP) is 3.79. The van der Waals surface area contributed by atoms with Gasteiger partial charge in [0, 0.05) is 46.4 Å². The number of hydrogen-bond acceptors (Lipinski definition) is 4. The number of likely N-dealkylation sites (tertiary alicyclic amines) is 2. The monoisotopic (exact) mass is 570 g/mol. The fraction of sp³-hybridized carbons (Fsp3) is 0.731. The topological polar surface area (TPSA) is 49.3 Å². The Hall–Kier alpha value is -0.900. The van der Waals surface area contributed by atoms with Gasteiger partial charge in [-0.2, -0.15) is 0 Å². The first-order valence-corrected chi connectivity index (χ1v) is 12.7. The van der Waals surface area contributed by atoms with Gasteiger partial charge in [0.15, 0.2) is 5.96 Å². The third kappa shape index (κ3) is 8.67. The molecule has 0 spiro atoms. The van der Waals surface area contributed by atoms with Crippen molar-refractivity contribution >= 4 is 29.9 Å². The van der Waals surface area contributed by atoms with E-state index in [1.165, 1.54) is 37.9 Å². The summed E-state index contributed by atoms with van der Waals surface area (Å²) in [5.41, 5.74) is 1.44. The van der Waals surface area contributed by atoms with Gasteiger partial charge in [-0.1, -0.05) is 30.3 Å². The number of guanidine groups is 1. The zero-order chi connectivity index (χ0) is 22.0. The Bertz CT molecular complexity index is 691. The number of rotatable bonds is 8. The molecule has 2 atom stereocenters. The van der Waals surface area contributed by atoms with Gasteiger partial charge < -0.3 is 24.6 Å². The molecule has 7 heteroatoms. The van der Waals surface area contributed by atoms with Crippen molar-refractivity contribution in [2.75, 3.05) is 59.5 Å². The van der Waals surface area contributed by atoms with Gasteiger partial charge in [0.1, 0.15) is 0 Å². The maximum atomic E-state index is 6.17. The predicted molar refractivity (Wildman–Crippen MR) is 146 cm³/mol. The zero-order valence-electron chi connectivity index (χ0n) is 20.3. The Kier molecular flexibility index (Phi) is 11.7. The standard InChI is InChI=1S/C26H42N4O2.HI/c1-27-26(30-16-12-24(13-17-30)32-21-25-9-5-6-18-31-25)28-19-23-11-15-29(20-23)14-10-22-7-3-2-4-8-22;/h2-4,7-8,23-25H,5-6,9-21H2,1H3,(H,27,28);1H. The van der Waals surface area contributed by atoms with Crippen molar-refractivity contribution in [1.29, 1.82) is 0 Å². The van der Waals surface area contributed by atoms with Crippen LogP contribution in [0, 0.1) is 5.92 Å². The van der Waals surface area contributed by atoms with Crippen molar-refractivity contribution in [3.8, 4) is 0 Å². The average molecular weight is 571 g/mol. The van der Waals surface area contributed by atoms with Crippen molar-refractivity contribution in [2.24, 2.45) is 10.9 Å². The molecule has 0 saturated carbocycles. The summed E-state index contributed by atoms with van der Waals surface area (Å²) in [6.07, 6.45) is 8.88. The lowest BCUT2D eigenvalue weighted by Gasteiger charge is -2.35. The minimum Gasteiger partial charge on any atom is -0.376 e. The highest BCUT2D eigenvalue weighted by Crippen LogP contribution is 2.19. The molecule has 0 bridgehead atoms. The quantitative estimate of drug-likeness (QED) is 0.293. The van der Waals surface area contributed by atoms with Gasteiger partial charge in [-0.3, -0.25) is 4.99 Å². The van der Waals surface area contributed by atoms with Crippen LogP contribution < -0.4 is 5.32 Å². The second-order valence-electron chi connectivity index (χ2n) is 9.63. The molecule has 3 saturated heterocycles. The van der Waals surface area contributed by atoms with Crippen LogP contribution in [0.1, 0.15) is 44.1 Å². The van der Waals surface area contributed by atoms with E-state index in [-0.39, 0.29) is 24.0 Å². The van der Waals surface area contributed by atoms with Crippen LogP contribution in [-0.4, -0.2) is 87.5 Å². The molecule has 1 aromatic carbocycles. The lowest BCUT2D eigenvalue weighted by atomic mass is 10.1. The van der Waals surface area contributed by atoms with Crippen LogP contribution in [0.2, 0.25) is 0 Å². The smallest absolute Gasteiger partial charge is 0.193 e. The van der Waals surface area contributed by atoms with E-state index in [9.17, 15) is 0 Å². The van der Waals surface area contributed by atoms with Crippen LogP contribution in [0.3, 0.4) is 0 Å². The lowest BCUT2D eigenvalue weighted by molar-refractivity contribution is -0.0721. The van der Waals surface area contributed by atoms with E-state index in [4.69, 9.17) is 9.47 Å². The molecule has 0 aromatic heterocycles. The average Bonchev–Trinajstić information content (AvgIpc) is 3.32. The molecule has 186 valence electrons. The summed E-state index contributed by atoms with van der Waals surface area (Å²) in [5, 5.41) is 3.66. The van der Waals surface area contributed by atoms with E-state index in [0.29, 0.717) is 18.1 Å². The summed E-state index contributed by atoms with van der Waals surface area (Å²) in [4.78, 5) is 9.58. The molecule has 0 aliphatic carbocycles. The Morgan fingerprint density at radius 3 is 2.64 bits per heavy atom. The second kappa shape index (κ2) is 14.5. The molecule has 6 nitrogen and oxygen atoms in total. The van der Waals surface area contributed by atoms with Gasteiger partial charge in [0.2, 0.25) is 0 Å². The number of hydrogen-bond donors (Lipinski definition) is 1. The fourth-order valence-electron chi connectivity index (χ4n) is 5.20. The number of ether oxygens (including phenoxy) is 2. The highest BCUT2D eigenvalue weighted by atomic mass is 127. The van der Waals surface area contributed by atoms with Crippen molar-refractivity contribution in [2.45, 2.75) is 57.2 Å². The number of nitrogens with zero attached hydrogens (tertiary/aromatic N) is 3. The SMILES string of the molecule is CN=C(NCC1CCN(CCc2ccccc2)C1)N1CCC(OCC2CCCCO2)CC1.I. The molecule has 4 rings (SSSR count). The maximum absolute atomic E-state index is 6.17. The summed E-state index contributed by atoms with van der Waals surface area (Å²) in [6.45, 7) is 8.29. The van der Waals surface area contributed by atoms with E-state index in [1.807, 2.05) is 7.05 Å². The number of benzene rings is 1. The van der Waals surface area contributed by atoms with Crippen LogP contribution in [0.25, 0.3) is 0 Å². The van der Waals surface area contributed by atoms with Crippen molar-refractivity contribution in [3.05, 3.63) is 35.9 Å². The fourth-order valence-corrected chi connectivity index (χ4v) is 5.20. The normalized spacial score (nSPS) is 25.1. The molecule has 2 unspecified atom stereocenters. The van der Waals surface area contributed by atoms with Crippen LogP contribution in [0.15, 0.2) is 35.3 Å². The summed E-state index contributed by atoms with van der Waals surface area (Å²) < 4.78 is 12.0. The Morgan fingerprint density at radius 2 is 1.91 bits per heavy atom. The summed E-state index contributed by atoms with van der Waals surface area (Å²) >= 11 is 0. The summed E-state index contributed by atoms with van der Waals surface area (Å²) in [5.74, 6) is 1.76. The highest BCUT2D eigenvalue weighted by Gasteiger charge is 2.26. The van der Waals surface area contributed by atoms with Gasteiger partial charge >= 0.3 is 0 Å². The molecule has 1 aromatic rings. The zero-order valence-corrected chi connectivity index (χ0v) is 22.6. The van der Waals surface area contributed by atoms with E-state index < -0.39 is 0 Å². The largest absolute Gasteiger partial charge is 0.376 e. The second-order valence-corrected chi connectivity index (χ2v) is 9.63. The lowest BCUT2D eigenvalue weighted by Crippen LogP contribution is -2.48. The van der Waals surface area contributed by atoms with Gasteiger partial charge in [0.05, 0.1) is 18.8 Å². The van der Waals surface area contributed by atoms with Crippen molar-refractivity contribution in [1.82, 2.24) is 15.1 Å². The minimum atomic E-state index is 0. The molecule has 0 amide bonds. The number of piperidine rings is 1. The molecule has 0 radical (unpaired) electrons. The van der Waals surface area contributed by atoms with Gasteiger partial charge in [0.25, 0.3) is 0 Å².